The van der Waals surface area contributed by atoms with Gasteiger partial charge in [0.2, 0.25) is 12.4 Å². The Morgan fingerprint density at radius 3 is 2.23 bits per heavy atom. The van der Waals surface area contributed by atoms with Crippen LogP contribution in [-0.2, 0) is 4.79 Å². The van der Waals surface area contributed by atoms with Gasteiger partial charge in [-0.25, -0.2) is 4.98 Å². The molecule has 1 aromatic heterocycles. The number of piperazine rings is 1. The third-order valence-electron chi connectivity index (χ3n) is 4.51. The number of hydrogen-bond acceptors (Lipinski definition) is 5. The first-order valence-corrected chi connectivity index (χ1v) is 8.31. The summed E-state index contributed by atoms with van der Waals surface area (Å²) >= 11 is 0. The Hall–Kier alpha value is -1.85. The lowest BCUT2D eigenvalue weighted by Gasteiger charge is -2.33. The van der Waals surface area contributed by atoms with Crippen molar-refractivity contribution in [2.45, 2.75) is 32.6 Å². The molecule has 2 aliphatic heterocycles. The number of amides is 1. The van der Waals surface area contributed by atoms with E-state index in [-0.39, 0.29) is 0 Å². The lowest BCUT2D eigenvalue weighted by atomic mass is 10.2. The van der Waals surface area contributed by atoms with Gasteiger partial charge in [0, 0.05) is 51.0 Å². The number of carbonyl (C=O) groups is 1. The van der Waals surface area contributed by atoms with Gasteiger partial charge in [0.15, 0.2) is 0 Å². The Morgan fingerprint density at radius 2 is 1.59 bits per heavy atom. The Labute approximate surface area is 132 Å². The Kier molecular flexibility index (Phi) is 4.75. The first-order valence-electron chi connectivity index (χ1n) is 8.31. The van der Waals surface area contributed by atoms with Crippen LogP contribution in [0.2, 0.25) is 0 Å². The molecule has 3 rings (SSSR count). The highest BCUT2D eigenvalue weighted by Gasteiger charge is 2.20. The molecule has 2 fully saturated rings. The van der Waals surface area contributed by atoms with Crippen molar-refractivity contribution >= 4 is 18.2 Å². The van der Waals surface area contributed by atoms with Gasteiger partial charge in [0.05, 0.1) is 0 Å². The van der Waals surface area contributed by atoms with E-state index in [1.807, 2.05) is 11.8 Å². The molecule has 22 heavy (non-hydrogen) atoms. The zero-order valence-electron chi connectivity index (χ0n) is 13.4. The molecule has 0 aliphatic carbocycles. The highest BCUT2D eigenvalue weighted by Crippen LogP contribution is 2.21. The number of anilines is 2. The highest BCUT2D eigenvalue weighted by molar-refractivity contribution is 5.49. The number of rotatable bonds is 3. The highest BCUT2D eigenvalue weighted by atomic mass is 16.1. The maximum atomic E-state index is 10.8. The summed E-state index contributed by atoms with van der Waals surface area (Å²) in [6, 6.07) is 2.09. The number of nitrogens with zero attached hydrogens (tertiary/aromatic N) is 5. The molecule has 0 unspecified atom stereocenters. The quantitative estimate of drug-likeness (QED) is 0.791. The van der Waals surface area contributed by atoms with E-state index in [9.17, 15) is 4.79 Å². The Bertz CT molecular complexity index is 505. The second kappa shape index (κ2) is 6.94. The van der Waals surface area contributed by atoms with Gasteiger partial charge in [-0.05, 0) is 19.8 Å². The van der Waals surface area contributed by atoms with Crippen molar-refractivity contribution in [3.05, 3.63) is 11.8 Å². The molecule has 6 heteroatoms. The molecule has 0 aromatic carbocycles. The fraction of sp³-hybridized carbons (Fsp3) is 0.688. The van der Waals surface area contributed by atoms with Gasteiger partial charge < -0.3 is 14.7 Å². The molecule has 2 saturated heterocycles. The zero-order chi connectivity index (χ0) is 15.4. The molecule has 6 nitrogen and oxygen atoms in total. The van der Waals surface area contributed by atoms with E-state index in [1.165, 1.54) is 25.7 Å². The monoisotopic (exact) mass is 303 g/mol. The van der Waals surface area contributed by atoms with Crippen LogP contribution in [0, 0.1) is 6.92 Å². The number of carbonyl (C=O) groups excluding carboxylic acids is 1. The summed E-state index contributed by atoms with van der Waals surface area (Å²) in [7, 11) is 0. The van der Waals surface area contributed by atoms with Crippen molar-refractivity contribution in [3.8, 4) is 0 Å². The van der Waals surface area contributed by atoms with Crippen LogP contribution in [0.25, 0.3) is 0 Å². The minimum Gasteiger partial charge on any atom is -0.356 e. The fourth-order valence-corrected chi connectivity index (χ4v) is 3.17. The normalized spacial score (nSPS) is 20.0. The van der Waals surface area contributed by atoms with Crippen LogP contribution in [0.4, 0.5) is 11.8 Å². The molecule has 1 amide bonds. The van der Waals surface area contributed by atoms with E-state index >= 15 is 0 Å². The molecule has 3 heterocycles. The van der Waals surface area contributed by atoms with Crippen LogP contribution in [0.5, 0.6) is 0 Å². The van der Waals surface area contributed by atoms with E-state index in [2.05, 4.69) is 20.9 Å². The second-order valence-electron chi connectivity index (χ2n) is 6.20. The third-order valence-corrected chi connectivity index (χ3v) is 4.51. The van der Waals surface area contributed by atoms with Crippen molar-refractivity contribution in [2.75, 3.05) is 49.1 Å². The molecule has 0 bridgehead atoms. The Morgan fingerprint density at radius 1 is 0.909 bits per heavy atom. The fourth-order valence-electron chi connectivity index (χ4n) is 3.17. The van der Waals surface area contributed by atoms with E-state index in [4.69, 9.17) is 4.98 Å². The first-order chi connectivity index (χ1) is 10.8. The lowest BCUT2D eigenvalue weighted by Crippen LogP contribution is -2.46. The molecule has 0 N–H and O–H groups in total. The average molecular weight is 303 g/mol. The standard InChI is InChI=1S/C16H25N5O/c1-14-12-15(20-6-4-2-3-5-7-20)18-16(17-14)21-10-8-19(13-22)9-11-21/h12-13H,2-11H2,1H3. The van der Waals surface area contributed by atoms with Gasteiger partial charge in [0.1, 0.15) is 5.82 Å². The van der Waals surface area contributed by atoms with Gasteiger partial charge in [0.25, 0.3) is 0 Å². The molecule has 0 atom stereocenters. The summed E-state index contributed by atoms with van der Waals surface area (Å²) in [5.74, 6) is 1.87. The van der Waals surface area contributed by atoms with E-state index < -0.39 is 0 Å². The summed E-state index contributed by atoms with van der Waals surface area (Å²) in [6.07, 6.45) is 6.06. The molecular weight excluding hydrogens is 278 g/mol. The Balaban J connectivity index is 1.76. The molecule has 0 spiro atoms. The van der Waals surface area contributed by atoms with Crippen molar-refractivity contribution in [3.63, 3.8) is 0 Å². The predicted octanol–water partition coefficient (Wildman–Crippen LogP) is 1.44. The van der Waals surface area contributed by atoms with E-state index in [0.29, 0.717) is 0 Å². The van der Waals surface area contributed by atoms with Crippen LogP contribution >= 0.6 is 0 Å². The lowest BCUT2D eigenvalue weighted by molar-refractivity contribution is -0.118. The van der Waals surface area contributed by atoms with Crippen LogP contribution in [0.1, 0.15) is 31.4 Å². The van der Waals surface area contributed by atoms with Crippen LogP contribution < -0.4 is 9.80 Å². The maximum absolute atomic E-state index is 10.8. The molecule has 2 aliphatic rings. The minimum absolute atomic E-state index is 0.750. The smallest absolute Gasteiger partial charge is 0.227 e. The summed E-state index contributed by atoms with van der Waals surface area (Å²) < 4.78 is 0. The molecule has 120 valence electrons. The molecule has 0 saturated carbocycles. The number of aryl methyl sites for hydroxylation is 1. The van der Waals surface area contributed by atoms with E-state index in [1.54, 1.807) is 0 Å². The SMILES string of the molecule is Cc1cc(N2CCCCCC2)nc(N2CCN(C=O)CC2)n1. The van der Waals surface area contributed by atoms with Crippen molar-refractivity contribution in [2.24, 2.45) is 0 Å². The van der Waals surface area contributed by atoms with Gasteiger partial charge in [-0.15, -0.1) is 0 Å². The summed E-state index contributed by atoms with van der Waals surface area (Å²) in [4.78, 5) is 26.6. The first kappa shape index (κ1) is 15.1. The summed E-state index contributed by atoms with van der Waals surface area (Å²) in [6.45, 7) is 7.33. The van der Waals surface area contributed by atoms with Crippen LogP contribution in [0.15, 0.2) is 6.07 Å². The number of aromatic nitrogens is 2. The minimum atomic E-state index is 0.750. The molecular formula is C16H25N5O. The zero-order valence-corrected chi connectivity index (χ0v) is 13.4. The van der Waals surface area contributed by atoms with Crippen LogP contribution in [0.3, 0.4) is 0 Å². The topological polar surface area (TPSA) is 52.6 Å². The van der Waals surface area contributed by atoms with E-state index in [0.717, 1.165) is 63.1 Å². The summed E-state index contributed by atoms with van der Waals surface area (Å²) in [5.41, 5.74) is 1.02. The largest absolute Gasteiger partial charge is 0.356 e. The average Bonchev–Trinajstić information content (AvgIpc) is 2.84. The van der Waals surface area contributed by atoms with Crippen molar-refractivity contribution < 1.29 is 4.79 Å². The van der Waals surface area contributed by atoms with Gasteiger partial charge in [-0.2, -0.15) is 4.98 Å². The van der Waals surface area contributed by atoms with Gasteiger partial charge >= 0.3 is 0 Å². The second-order valence-corrected chi connectivity index (χ2v) is 6.20. The maximum Gasteiger partial charge on any atom is 0.227 e. The van der Waals surface area contributed by atoms with Gasteiger partial charge in [-0.3, -0.25) is 4.79 Å². The summed E-state index contributed by atoms with van der Waals surface area (Å²) in [5, 5.41) is 0. The van der Waals surface area contributed by atoms with Gasteiger partial charge in [-0.1, -0.05) is 12.8 Å². The molecule has 1 aromatic rings. The van der Waals surface area contributed by atoms with Crippen molar-refractivity contribution in [1.82, 2.24) is 14.9 Å². The van der Waals surface area contributed by atoms with Crippen molar-refractivity contribution in [1.29, 1.82) is 0 Å². The van der Waals surface area contributed by atoms with Crippen LogP contribution in [-0.4, -0.2) is 60.5 Å². The molecule has 0 radical (unpaired) electrons. The third kappa shape index (κ3) is 3.48. The number of hydrogen-bond donors (Lipinski definition) is 0. The predicted molar refractivity (Wildman–Crippen MR) is 87.3 cm³/mol.